The number of nitrogens with zero attached hydrogens (tertiary/aromatic N) is 1. The number of hydrogen-bond donors (Lipinski definition) is 1. The molecule has 0 bridgehead atoms. The van der Waals surface area contributed by atoms with Crippen molar-refractivity contribution >= 4 is 5.78 Å². The molecule has 0 aromatic heterocycles. The normalized spacial score (nSPS) is 16.3. The minimum Gasteiger partial charge on any atom is -0.317 e. The molecule has 0 unspecified atom stereocenters. The molecule has 1 aliphatic rings. The Labute approximate surface area is 126 Å². The maximum atomic E-state index is 13.6. The summed E-state index contributed by atoms with van der Waals surface area (Å²) in [6.45, 7) is 5.55. The van der Waals surface area contributed by atoms with Crippen LogP contribution in [0.3, 0.4) is 0 Å². The lowest BCUT2D eigenvalue weighted by molar-refractivity contribution is -0.120. The van der Waals surface area contributed by atoms with Crippen molar-refractivity contribution in [3.05, 3.63) is 35.6 Å². The highest BCUT2D eigenvalue weighted by atomic mass is 19.1. The first-order valence-electron chi connectivity index (χ1n) is 7.90. The molecular formula is C17H25FN2O. The second kappa shape index (κ2) is 8.25. The molecule has 0 saturated carbocycles. The maximum Gasteiger partial charge on any atom is 0.151 e. The van der Waals surface area contributed by atoms with Gasteiger partial charge in [0.15, 0.2) is 5.78 Å². The Hall–Kier alpha value is -1.26. The summed E-state index contributed by atoms with van der Waals surface area (Å²) in [5, 5.41) is 3.35. The number of piperidine rings is 1. The summed E-state index contributed by atoms with van der Waals surface area (Å²) in [4.78, 5) is 14.6. The van der Waals surface area contributed by atoms with Gasteiger partial charge in [-0.05, 0) is 50.5 Å². The largest absolute Gasteiger partial charge is 0.317 e. The molecule has 1 N–H and O–H groups in total. The highest BCUT2D eigenvalue weighted by Gasteiger charge is 2.22. The average Bonchev–Trinajstić information content (AvgIpc) is 2.50. The molecule has 1 heterocycles. The van der Waals surface area contributed by atoms with Crippen LogP contribution < -0.4 is 5.32 Å². The summed E-state index contributed by atoms with van der Waals surface area (Å²) in [5.41, 5.74) is 0.504. The topological polar surface area (TPSA) is 32.3 Å². The summed E-state index contributed by atoms with van der Waals surface area (Å²) in [5.74, 6) is -0.179. The molecule has 0 radical (unpaired) electrons. The third-order valence-corrected chi connectivity index (χ3v) is 4.06. The summed E-state index contributed by atoms with van der Waals surface area (Å²) in [6, 6.07) is 7.03. The zero-order valence-corrected chi connectivity index (χ0v) is 12.8. The Morgan fingerprint density at radius 3 is 2.71 bits per heavy atom. The van der Waals surface area contributed by atoms with Crippen LogP contribution in [0.15, 0.2) is 24.3 Å². The van der Waals surface area contributed by atoms with Gasteiger partial charge in [0.25, 0.3) is 0 Å². The number of nitrogens with one attached hydrogen (secondary N) is 1. The Bertz CT molecular complexity index is 458. The van der Waals surface area contributed by atoms with Crippen molar-refractivity contribution in [3.8, 4) is 0 Å². The van der Waals surface area contributed by atoms with Crippen molar-refractivity contribution in [1.29, 1.82) is 0 Å². The molecule has 116 valence electrons. The van der Waals surface area contributed by atoms with Crippen LogP contribution in [-0.4, -0.2) is 42.9 Å². The molecule has 0 atom stereocenters. The standard InChI is InChI=1S/C17H25FN2O/c1-2-11-20(15-7-9-19-10-8-15)13-16(21)12-14-5-3-4-6-17(14)18/h3-6,15,19H,2,7-13H2,1H3. The van der Waals surface area contributed by atoms with Crippen molar-refractivity contribution < 1.29 is 9.18 Å². The van der Waals surface area contributed by atoms with E-state index in [-0.39, 0.29) is 18.0 Å². The number of hydrogen-bond acceptors (Lipinski definition) is 3. The van der Waals surface area contributed by atoms with Crippen LogP contribution in [0.1, 0.15) is 31.7 Å². The molecule has 2 rings (SSSR count). The van der Waals surface area contributed by atoms with Crippen LogP contribution in [0.5, 0.6) is 0 Å². The fourth-order valence-corrected chi connectivity index (χ4v) is 2.99. The molecule has 3 nitrogen and oxygen atoms in total. The molecule has 1 aliphatic heterocycles. The first kappa shape index (κ1) is 16.1. The van der Waals surface area contributed by atoms with Gasteiger partial charge in [0.1, 0.15) is 5.82 Å². The van der Waals surface area contributed by atoms with Gasteiger partial charge in [0, 0.05) is 12.5 Å². The van der Waals surface area contributed by atoms with Gasteiger partial charge >= 0.3 is 0 Å². The zero-order chi connectivity index (χ0) is 15.1. The van der Waals surface area contributed by atoms with Crippen LogP contribution in [0.2, 0.25) is 0 Å². The van der Waals surface area contributed by atoms with Crippen LogP contribution in [0.4, 0.5) is 4.39 Å². The van der Waals surface area contributed by atoms with Gasteiger partial charge in [0.2, 0.25) is 0 Å². The van der Waals surface area contributed by atoms with E-state index in [0.29, 0.717) is 18.2 Å². The van der Waals surface area contributed by atoms with Gasteiger partial charge in [-0.25, -0.2) is 4.39 Å². The maximum absolute atomic E-state index is 13.6. The molecule has 0 spiro atoms. The molecule has 21 heavy (non-hydrogen) atoms. The predicted molar refractivity (Wildman–Crippen MR) is 82.9 cm³/mol. The fraction of sp³-hybridized carbons (Fsp3) is 0.588. The zero-order valence-electron chi connectivity index (χ0n) is 12.8. The lowest BCUT2D eigenvalue weighted by atomic mass is 10.0. The summed E-state index contributed by atoms with van der Waals surface area (Å²) < 4.78 is 13.6. The number of carbonyl (C=O) groups excluding carboxylic acids is 1. The number of carbonyl (C=O) groups is 1. The molecular weight excluding hydrogens is 267 g/mol. The molecule has 0 amide bonds. The van der Waals surface area contributed by atoms with Crippen molar-refractivity contribution in [1.82, 2.24) is 10.2 Å². The van der Waals surface area contributed by atoms with E-state index in [1.165, 1.54) is 6.07 Å². The third kappa shape index (κ3) is 4.90. The van der Waals surface area contributed by atoms with E-state index < -0.39 is 0 Å². The van der Waals surface area contributed by atoms with Crippen LogP contribution in [0.25, 0.3) is 0 Å². The summed E-state index contributed by atoms with van der Waals surface area (Å²) in [6.07, 6.45) is 3.41. The van der Waals surface area contributed by atoms with Gasteiger partial charge in [0.05, 0.1) is 6.54 Å². The highest BCUT2D eigenvalue weighted by Crippen LogP contribution is 2.14. The Kier molecular flexibility index (Phi) is 6.33. The minimum absolute atomic E-state index is 0.104. The van der Waals surface area contributed by atoms with Crippen molar-refractivity contribution in [2.75, 3.05) is 26.2 Å². The third-order valence-electron chi connectivity index (χ3n) is 4.06. The molecule has 4 heteroatoms. The number of benzene rings is 1. The average molecular weight is 292 g/mol. The minimum atomic E-state index is -0.283. The predicted octanol–water partition coefficient (Wildman–Crippen LogP) is 2.40. The van der Waals surface area contributed by atoms with Gasteiger partial charge in [-0.1, -0.05) is 25.1 Å². The number of halogens is 1. The Morgan fingerprint density at radius 1 is 1.33 bits per heavy atom. The van der Waals surface area contributed by atoms with E-state index in [9.17, 15) is 9.18 Å². The molecule has 1 saturated heterocycles. The van der Waals surface area contributed by atoms with E-state index in [0.717, 1.165) is 38.9 Å². The van der Waals surface area contributed by atoms with Crippen LogP contribution in [-0.2, 0) is 11.2 Å². The Morgan fingerprint density at radius 2 is 2.05 bits per heavy atom. The molecule has 1 aromatic carbocycles. The summed E-state index contributed by atoms with van der Waals surface area (Å²) >= 11 is 0. The summed E-state index contributed by atoms with van der Waals surface area (Å²) in [7, 11) is 0. The second-order valence-electron chi connectivity index (χ2n) is 5.76. The van der Waals surface area contributed by atoms with E-state index in [2.05, 4.69) is 17.1 Å². The van der Waals surface area contributed by atoms with E-state index in [4.69, 9.17) is 0 Å². The van der Waals surface area contributed by atoms with Crippen molar-refractivity contribution in [3.63, 3.8) is 0 Å². The van der Waals surface area contributed by atoms with Crippen LogP contribution >= 0.6 is 0 Å². The smallest absolute Gasteiger partial charge is 0.151 e. The highest BCUT2D eigenvalue weighted by molar-refractivity contribution is 5.82. The SMILES string of the molecule is CCCN(CC(=O)Cc1ccccc1F)C1CCNCC1. The first-order valence-corrected chi connectivity index (χ1v) is 7.90. The lowest BCUT2D eigenvalue weighted by Gasteiger charge is -2.34. The van der Waals surface area contributed by atoms with Gasteiger partial charge < -0.3 is 5.32 Å². The molecule has 1 fully saturated rings. The van der Waals surface area contributed by atoms with Crippen molar-refractivity contribution in [2.45, 2.75) is 38.6 Å². The van der Waals surface area contributed by atoms with Gasteiger partial charge in [-0.3, -0.25) is 9.69 Å². The first-order chi connectivity index (χ1) is 10.2. The molecule has 0 aliphatic carbocycles. The van der Waals surface area contributed by atoms with Gasteiger partial charge in [-0.15, -0.1) is 0 Å². The number of rotatable bonds is 7. The van der Waals surface area contributed by atoms with E-state index >= 15 is 0 Å². The lowest BCUT2D eigenvalue weighted by Crippen LogP contribution is -2.45. The number of ketones is 1. The van der Waals surface area contributed by atoms with E-state index in [1.807, 2.05) is 0 Å². The number of Topliss-reactive ketones (excluding diaryl/α,β-unsaturated/α-hetero) is 1. The van der Waals surface area contributed by atoms with Crippen LogP contribution in [0, 0.1) is 5.82 Å². The second-order valence-corrected chi connectivity index (χ2v) is 5.76. The van der Waals surface area contributed by atoms with Crippen molar-refractivity contribution in [2.24, 2.45) is 0 Å². The van der Waals surface area contributed by atoms with Gasteiger partial charge in [-0.2, -0.15) is 0 Å². The molecule has 1 aromatic rings. The quantitative estimate of drug-likeness (QED) is 0.837. The Balaban J connectivity index is 1.93. The monoisotopic (exact) mass is 292 g/mol. The van der Waals surface area contributed by atoms with E-state index in [1.54, 1.807) is 18.2 Å². The fourth-order valence-electron chi connectivity index (χ4n) is 2.99.